The van der Waals surface area contributed by atoms with Crippen LogP contribution >= 0.6 is 11.6 Å². The SMILES string of the molecule is Cc1nn(-c2ccccc2)c(C)c1C(=O)Nc1cnn(Cc2ccccc2Cl)c1. The van der Waals surface area contributed by atoms with Gasteiger partial charge < -0.3 is 5.32 Å². The van der Waals surface area contributed by atoms with Crippen LogP contribution in [0.15, 0.2) is 67.0 Å². The maximum atomic E-state index is 12.9. The number of anilines is 1. The highest BCUT2D eigenvalue weighted by atomic mass is 35.5. The van der Waals surface area contributed by atoms with E-state index >= 15 is 0 Å². The van der Waals surface area contributed by atoms with Crippen LogP contribution in [0.4, 0.5) is 5.69 Å². The molecule has 1 amide bonds. The molecular formula is C22H20ClN5O. The average Bonchev–Trinajstić information content (AvgIpc) is 3.27. The third-order valence-electron chi connectivity index (χ3n) is 4.70. The molecule has 0 saturated carbocycles. The summed E-state index contributed by atoms with van der Waals surface area (Å²) in [5.41, 5.74) is 4.52. The molecule has 0 aliphatic carbocycles. The molecule has 7 heteroatoms. The molecule has 0 bridgehead atoms. The number of amides is 1. The molecule has 2 aromatic carbocycles. The van der Waals surface area contributed by atoms with Gasteiger partial charge in [-0.15, -0.1) is 0 Å². The van der Waals surface area contributed by atoms with Crippen molar-refractivity contribution in [2.45, 2.75) is 20.4 Å². The summed E-state index contributed by atoms with van der Waals surface area (Å²) in [7, 11) is 0. The summed E-state index contributed by atoms with van der Waals surface area (Å²) in [6.45, 7) is 4.25. The summed E-state index contributed by atoms with van der Waals surface area (Å²) in [4.78, 5) is 12.9. The van der Waals surface area contributed by atoms with Crippen molar-refractivity contribution in [2.24, 2.45) is 0 Å². The lowest BCUT2D eigenvalue weighted by molar-refractivity contribution is 0.102. The molecule has 0 spiro atoms. The second-order valence-electron chi connectivity index (χ2n) is 6.77. The van der Waals surface area contributed by atoms with Crippen molar-refractivity contribution in [1.82, 2.24) is 19.6 Å². The van der Waals surface area contributed by atoms with Crippen LogP contribution in [0.1, 0.15) is 27.3 Å². The Labute approximate surface area is 173 Å². The molecule has 0 unspecified atom stereocenters. The Morgan fingerprint density at radius 2 is 1.79 bits per heavy atom. The second-order valence-corrected chi connectivity index (χ2v) is 7.17. The standard InChI is InChI=1S/C22H20ClN5O/c1-15-21(16(2)28(26-15)19-9-4-3-5-10-19)22(29)25-18-12-24-27(14-18)13-17-8-6-7-11-20(17)23/h3-12,14H,13H2,1-2H3,(H,25,29). The Morgan fingerprint density at radius 3 is 2.55 bits per heavy atom. The first-order valence-corrected chi connectivity index (χ1v) is 9.59. The lowest BCUT2D eigenvalue weighted by Crippen LogP contribution is -2.13. The zero-order valence-electron chi connectivity index (χ0n) is 16.1. The molecular weight excluding hydrogens is 386 g/mol. The Kier molecular flexibility index (Phi) is 5.18. The van der Waals surface area contributed by atoms with Crippen LogP contribution in [-0.4, -0.2) is 25.5 Å². The van der Waals surface area contributed by atoms with E-state index in [2.05, 4.69) is 15.5 Å². The predicted molar refractivity (Wildman–Crippen MR) is 114 cm³/mol. The molecule has 0 aliphatic heterocycles. The lowest BCUT2D eigenvalue weighted by atomic mass is 10.2. The predicted octanol–water partition coefficient (Wildman–Crippen LogP) is 4.64. The Morgan fingerprint density at radius 1 is 1.07 bits per heavy atom. The minimum absolute atomic E-state index is 0.209. The van der Waals surface area contributed by atoms with E-state index in [-0.39, 0.29) is 5.91 Å². The largest absolute Gasteiger partial charge is 0.319 e. The molecule has 0 atom stereocenters. The Balaban J connectivity index is 1.53. The molecule has 1 N–H and O–H groups in total. The van der Waals surface area contributed by atoms with E-state index < -0.39 is 0 Å². The van der Waals surface area contributed by atoms with Crippen molar-refractivity contribution >= 4 is 23.2 Å². The smallest absolute Gasteiger partial charge is 0.259 e. The normalized spacial score (nSPS) is 10.9. The van der Waals surface area contributed by atoms with Crippen LogP contribution in [0.25, 0.3) is 5.69 Å². The number of nitrogens with zero attached hydrogens (tertiary/aromatic N) is 4. The van der Waals surface area contributed by atoms with Gasteiger partial charge in [-0.2, -0.15) is 10.2 Å². The number of aryl methyl sites for hydroxylation is 1. The van der Waals surface area contributed by atoms with Gasteiger partial charge >= 0.3 is 0 Å². The van der Waals surface area contributed by atoms with E-state index in [9.17, 15) is 4.79 Å². The molecule has 29 heavy (non-hydrogen) atoms. The van der Waals surface area contributed by atoms with Crippen molar-refractivity contribution < 1.29 is 4.79 Å². The number of aromatic nitrogens is 4. The molecule has 2 heterocycles. The van der Waals surface area contributed by atoms with Crippen LogP contribution in [0.2, 0.25) is 5.02 Å². The average molecular weight is 406 g/mol. The summed E-state index contributed by atoms with van der Waals surface area (Å²) >= 11 is 6.21. The van der Waals surface area contributed by atoms with E-state index in [1.54, 1.807) is 21.8 Å². The maximum absolute atomic E-state index is 12.9. The van der Waals surface area contributed by atoms with Gasteiger partial charge in [-0.3, -0.25) is 9.48 Å². The third kappa shape index (κ3) is 3.93. The fraction of sp³-hybridized carbons (Fsp3) is 0.136. The van der Waals surface area contributed by atoms with Gasteiger partial charge in [0, 0.05) is 11.2 Å². The first kappa shape index (κ1) is 19.0. The van der Waals surface area contributed by atoms with Crippen LogP contribution in [-0.2, 0) is 6.54 Å². The third-order valence-corrected chi connectivity index (χ3v) is 5.07. The number of hydrogen-bond acceptors (Lipinski definition) is 3. The lowest BCUT2D eigenvalue weighted by Gasteiger charge is -2.06. The van der Waals surface area contributed by atoms with Gasteiger partial charge in [-0.1, -0.05) is 48.0 Å². The van der Waals surface area contributed by atoms with Gasteiger partial charge in [0.05, 0.1) is 41.1 Å². The minimum Gasteiger partial charge on any atom is -0.319 e. The van der Waals surface area contributed by atoms with Gasteiger partial charge in [0.25, 0.3) is 5.91 Å². The number of hydrogen-bond donors (Lipinski definition) is 1. The number of rotatable bonds is 5. The topological polar surface area (TPSA) is 64.7 Å². The quantitative estimate of drug-likeness (QED) is 0.526. The molecule has 0 saturated heterocycles. The molecule has 4 aromatic rings. The van der Waals surface area contributed by atoms with Gasteiger partial charge in [-0.25, -0.2) is 4.68 Å². The molecule has 0 fully saturated rings. The van der Waals surface area contributed by atoms with Crippen LogP contribution in [0.5, 0.6) is 0 Å². The first-order valence-electron chi connectivity index (χ1n) is 9.22. The summed E-state index contributed by atoms with van der Waals surface area (Å²) in [5, 5.41) is 12.5. The zero-order valence-corrected chi connectivity index (χ0v) is 16.9. The highest BCUT2D eigenvalue weighted by molar-refractivity contribution is 6.31. The van der Waals surface area contributed by atoms with Gasteiger partial charge in [0.15, 0.2) is 0 Å². The van der Waals surface area contributed by atoms with Crippen molar-refractivity contribution in [1.29, 1.82) is 0 Å². The van der Waals surface area contributed by atoms with Crippen molar-refractivity contribution in [3.63, 3.8) is 0 Å². The van der Waals surface area contributed by atoms with E-state index in [1.165, 1.54) is 0 Å². The Bertz CT molecular complexity index is 1160. The fourth-order valence-electron chi connectivity index (χ4n) is 3.30. The monoisotopic (exact) mass is 405 g/mol. The van der Waals surface area contributed by atoms with E-state index in [0.717, 1.165) is 16.9 Å². The summed E-state index contributed by atoms with van der Waals surface area (Å²) in [5.74, 6) is -0.209. The van der Waals surface area contributed by atoms with Gasteiger partial charge in [0.2, 0.25) is 0 Å². The number of carbonyl (C=O) groups is 1. The zero-order chi connectivity index (χ0) is 20.4. The summed E-state index contributed by atoms with van der Waals surface area (Å²) in [6, 6.07) is 17.4. The number of halogens is 1. The summed E-state index contributed by atoms with van der Waals surface area (Å²) < 4.78 is 3.52. The molecule has 0 radical (unpaired) electrons. The second kappa shape index (κ2) is 7.93. The van der Waals surface area contributed by atoms with Crippen LogP contribution < -0.4 is 5.32 Å². The van der Waals surface area contributed by atoms with Crippen molar-refractivity contribution in [2.75, 3.05) is 5.32 Å². The minimum atomic E-state index is -0.209. The van der Waals surface area contributed by atoms with Crippen LogP contribution in [0.3, 0.4) is 0 Å². The molecule has 0 aliphatic rings. The number of para-hydroxylation sites is 1. The van der Waals surface area contributed by atoms with Gasteiger partial charge in [0.1, 0.15) is 0 Å². The molecule has 4 rings (SSSR count). The molecule has 2 aromatic heterocycles. The van der Waals surface area contributed by atoms with Crippen LogP contribution in [0, 0.1) is 13.8 Å². The highest BCUT2D eigenvalue weighted by Crippen LogP contribution is 2.20. The van der Waals surface area contributed by atoms with E-state index in [1.807, 2.05) is 68.4 Å². The fourth-order valence-corrected chi connectivity index (χ4v) is 3.50. The molecule has 146 valence electrons. The molecule has 6 nitrogen and oxygen atoms in total. The number of carbonyl (C=O) groups excluding carboxylic acids is 1. The summed E-state index contributed by atoms with van der Waals surface area (Å²) in [6.07, 6.45) is 3.41. The highest BCUT2D eigenvalue weighted by Gasteiger charge is 2.20. The van der Waals surface area contributed by atoms with Crippen molar-refractivity contribution in [3.05, 3.63) is 94.5 Å². The van der Waals surface area contributed by atoms with Crippen molar-refractivity contribution in [3.8, 4) is 5.69 Å². The number of nitrogens with one attached hydrogen (secondary N) is 1. The maximum Gasteiger partial charge on any atom is 0.259 e. The first-order chi connectivity index (χ1) is 14.0. The van der Waals surface area contributed by atoms with E-state index in [4.69, 9.17) is 11.6 Å². The Hall–Kier alpha value is -3.38. The van der Waals surface area contributed by atoms with E-state index in [0.29, 0.717) is 28.5 Å². The number of benzene rings is 2. The van der Waals surface area contributed by atoms with Gasteiger partial charge in [-0.05, 0) is 37.6 Å².